The van der Waals surface area contributed by atoms with Crippen LogP contribution in [-0.2, 0) is 27.5 Å². The Morgan fingerprint density at radius 2 is 1.91 bits per heavy atom. The van der Waals surface area contributed by atoms with Crippen LogP contribution in [0.3, 0.4) is 0 Å². The van der Waals surface area contributed by atoms with Crippen molar-refractivity contribution in [2.45, 2.75) is 32.0 Å². The number of fused-ring (bicyclic) bond motifs is 1. The monoisotopic (exact) mass is 463 g/mol. The van der Waals surface area contributed by atoms with Gasteiger partial charge in [0.1, 0.15) is 6.04 Å². The SMILES string of the molecule is CNC(=O)c1cccc(CNC(=O)CNc2cccc3c2CN(C2CCC(=O)NC2=O)C3=O)c1. The minimum Gasteiger partial charge on any atom is -0.376 e. The summed E-state index contributed by atoms with van der Waals surface area (Å²) in [5, 5.41) is 10.7. The summed E-state index contributed by atoms with van der Waals surface area (Å²) in [5.41, 5.74) is 3.12. The van der Waals surface area contributed by atoms with Gasteiger partial charge in [-0.25, -0.2) is 0 Å². The van der Waals surface area contributed by atoms with E-state index >= 15 is 0 Å². The molecule has 176 valence electrons. The van der Waals surface area contributed by atoms with Gasteiger partial charge in [-0.1, -0.05) is 18.2 Å². The number of nitrogens with one attached hydrogen (secondary N) is 4. The van der Waals surface area contributed by atoms with Gasteiger partial charge in [0.05, 0.1) is 6.54 Å². The van der Waals surface area contributed by atoms with Gasteiger partial charge in [0.2, 0.25) is 17.7 Å². The second-order valence-corrected chi connectivity index (χ2v) is 8.14. The largest absolute Gasteiger partial charge is 0.376 e. The van der Waals surface area contributed by atoms with Crippen LogP contribution in [0.5, 0.6) is 0 Å². The number of hydrogen-bond donors (Lipinski definition) is 4. The highest BCUT2D eigenvalue weighted by Gasteiger charge is 2.39. The van der Waals surface area contributed by atoms with Crippen LogP contribution in [0.4, 0.5) is 5.69 Å². The highest BCUT2D eigenvalue weighted by molar-refractivity contribution is 6.06. The zero-order valence-electron chi connectivity index (χ0n) is 18.6. The van der Waals surface area contributed by atoms with Crippen LogP contribution in [0.2, 0.25) is 0 Å². The molecule has 0 aliphatic carbocycles. The molecule has 2 aromatic carbocycles. The Balaban J connectivity index is 1.36. The topological polar surface area (TPSA) is 137 Å². The molecule has 34 heavy (non-hydrogen) atoms. The van der Waals surface area contributed by atoms with Crippen LogP contribution < -0.4 is 21.3 Å². The van der Waals surface area contributed by atoms with Crippen molar-refractivity contribution >= 4 is 35.2 Å². The molecule has 1 atom stereocenters. The molecule has 2 aliphatic rings. The lowest BCUT2D eigenvalue weighted by molar-refractivity contribution is -0.137. The maximum absolute atomic E-state index is 12.9. The molecule has 1 saturated heterocycles. The number of carbonyl (C=O) groups excluding carboxylic acids is 5. The number of carbonyl (C=O) groups is 5. The lowest BCUT2D eigenvalue weighted by Gasteiger charge is -2.29. The Labute approximate surface area is 196 Å². The fraction of sp³-hybridized carbons (Fsp3) is 0.292. The molecule has 1 unspecified atom stereocenters. The van der Waals surface area contributed by atoms with Crippen molar-refractivity contribution in [1.82, 2.24) is 20.9 Å². The normalized spacial score (nSPS) is 17.1. The maximum atomic E-state index is 12.9. The summed E-state index contributed by atoms with van der Waals surface area (Å²) in [4.78, 5) is 62.2. The third-order valence-electron chi connectivity index (χ3n) is 5.93. The van der Waals surface area contributed by atoms with E-state index in [0.717, 1.165) is 5.56 Å². The highest BCUT2D eigenvalue weighted by atomic mass is 16.2. The summed E-state index contributed by atoms with van der Waals surface area (Å²) in [6.07, 6.45) is 0.477. The van der Waals surface area contributed by atoms with Gasteiger partial charge < -0.3 is 20.9 Å². The third-order valence-corrected chi connectivity index (χ3v) is 5.93. The van der Waals surface area contributed by atoms with Crippen LogP contribution in [0.25, 0.3) is 0 Å². The summed E-state index contributed by atoms with van der Waals surface area (Å²) in [5.74, 6) is -1.53. The molecule has 0 saturated carbocycles. The van der Waals surface area contributed by atoms with Gasteiger partial charge in [-0.15, -0.1) is 0 Å². The molecule has 5 amide bonds. The molecule has 0 bridgehead atoms. The van der Waals surface area contributed by atoms with Crippen LogP contribution >= 0.6 is 0 Å². The van der Waals surface area contributed by atoms with Gasteiger partial charge in [0.25, 0.3) is 11.8 Å². The molecule has 2 aliphatic heterocycles. The fourth-order valence-corrected chi connectivity index (χ4v) is 4.16. The number of anilines is 1. The molecule has 4 N–H and O–H groups in total. The number of benzene rings is 2. The molecular formula is C24H25N5O5. The number of hydrogen-bond acceptors (Lipinski definition) is 6. The molecule has 2 aromatic rings. The standard InChI is InChI=1S/C24H25N5O5/c1-25-22(32)15-5-2-4-14(10-15)11-27-21(31)12-26-18-7-3-6-16-17(18)13-29(24(16)34)19-8-9-20(30)28-23(19)33/h2-7,10,19,26H,8-9,11-13H2,1H3,(H,25,32)(H,27,31)(H,28,30,33). The summed E-state index contributed by atoms with van der Waals surface area (Å²) in [7, 11) is 1.56. The minimum atomic E-state index is -0.695. The Kier molecular flexibility index (Phi) is 6.58. The predicted molar refractivity (Wildman–Crippen MR) is 123 cm³/mol. The predicted octanol–water partition coefficient (Wildman–Crippen LogP) is 0.535. The Morgan fingerprint density at radius 3 is 2.68 bits per heavy atom. The molecule has 2 heterocycles. The van der Waals surface area contributed by atoms with Crippen molar-refractivity contribution in [3.63, 3.8) is 0 Å². The van der Waals surface area contributed by atoms with Crippen molar-refractivity contribution < 1.29 is 24.0 Å². The minimum absolute atomic E-state index is 0.0157. The first-order valence-electron chi connectivity index (χ1n) is 11.0. The summed E-state index contributed by atoms with van der Waals surface area (Å²) >= 11 is 0. The van der Waals surface area contributed by atoms with Crippen molar-refractivity contribution in [3.05, 3.63) is 64.7 Å². The molecule has 10 heteroatoms. The van der Waals surface area contributed by atoms with Crippen molar-refractivity contribution in [3.8, 4) is 0 Å². The molecule has 10 nitrogen and oxygen atoms in total. The van der Waals surface area contributed by atoms with Gasteiger partial charge >= 0.3 is 0 Å². The summed E-state index contributed by atoms with van der Waals surface area (Å²) in [6.45, 7) is 0.468. The van der Waals surface area contributed by atoms with Crippen LogP contribution in [0.15, 0.2) is 42.5 Å². The zero-order chi connectivity index (χ0) is 24.2. The number of rotatable bonds is 7. The van der Waals surface area contributed by atoms with E-state index in [2.05, 4.69) is 21.3 Å². The van der Waals surface area contributed by atoms with Crippen molar-refractivity contribution in [1.29, 1.82) is 0 Å². The molecule has 0 aromatic heterocycles. The van der Waals surface area contributed by atoms with E-state index in [4.69, 9.17) is 0 Å². The lowest BCUT2D eigenvalue weighted by atomic mass is 10.0. The molecule has 0 spiro atoms. The quantitative estimate of drug-likeness (QED) is 0.443. The third kappa shape index (κ3) is 4.75. The van der Waals surface area contributed by atoms with Gasteiger partial charge in [0, 0.05) is 48.9 Å². The Bertz CT molecular complexity index is 1180. The first-order chi connectivity index (χ1) is 16.4. The number of piperidine rings is 1. The molecule has 1 fully saturated rings. The molecule has 0 radical (unpaired) electrons. The average molecular weight is 463 g/mol. The second-order valence-electron chi connectivity index (χ2n) is 8.14. The van der Waals surface area contributed by atoms with Gasteiger partial charge in [0.15, 0.2) is 0 Å². The Hall–Kier alpha value is -4.21. The van der Waals surface area contributed by atoms with E-state index in [9.17, 15) is 24.0 Å². The van der Waals surface area contributed by atoms with E-state index in [1.165, 1.54) is 4.90 Å². The second kappa shape index (κ2) is 9.74. The van der Waals surface area contributed by atoms with Crippen molar-refractivity contribution in [2.24, 2.45) is 0 Å². The van der Waals surface area contributed by atoms with Crippen LogP contribution in [0.1, 0.15) is 44.7 Å². The number of imide groups is 1. The first-order valence-corrected chi connectivity index (χ1v) is 11.0. The summed E-state index contributed by atoms with van der Waals surface area (Å²) < 4.78 is 0. The first kappa shape index (κ1) is 23.0. The van der Waals surface area contributed by atoms with E-state index in [0.29, 0.717) is 22.4 Å². The average Bonchev–Trinajstić information content (AvgIpc) is 3.17. The van der Waals surface area contributed by atoms with E-state index < -0.39 is 11.9 Å². The number of amides is 5. The number of nitrogens with zero attached hydrogens (tertiary/aromatic N) is 1. The summed E-state index contributed by atoms with van der Waals surface area (Å²) in [6, 6.07) is 11.5. The van der Waals surface area contributed by atoms with E-state index in [1.807, 2.05) is 6.07 Å². The lowest BCUT2D eigenvalue weighted by Crippen LogP contribution is -2.52. The van der Waals surface area contributed by atoms with Gasteiger partial charge in [-0.05, 0) is 36.2 Å². The van der Waals surface area contributed by atoms with Gasteiger partial charge in [-0.3, -0.25) is 29.3 Å². The maximum Gasteiger partial charge on any atom is 0.255 e. The van der Waals surface area contributed by atoms with Crippen LogP contribution in [0, 0.1) is 0 Å². The molecule has 4 rings (SSSR count). The van der Waals surface area contributed by atoms with Crippen molar-refractivity contribution in [2.75, 3.05) is 18.9 Å². The molecular weight excluding hydrogens is 438 g/mol. The highest BCUT2D eigenvalue weighted by Crippen LogP contribution is 2.32. The smallest absolute Gasteiger partial charge is 0.255 e. The van der Waals surface area contributed by atoms with E-state index in [1.54, 1.807) is 43.4 Å². The van der Waals surface area contributed by atoms with Crippen LogP contribution in [-0.4, -0.2) is 54.1 Å². The Morgan fingerprint density at radius 1 is 1.12 bits per heavy atom. The van der Waals surface area contributed by atoms with E-state index in [-0.39, 0.29) is 56.1 Å². The van der Waals surface area contributed by atoms with Gasteiger partial charge in [-0.2, -0.15) is 0 Å². The zero-order valence-corrected chi connectivity index (χ0v) is 18.6. The fourth-order valence-electron chi connectivity index (χ4n) is 4.16.